The normalized spacial score (nSPS) is 30.8. The molecular formula is C21H28O4. The first kappa shape index (κ1) is 17.1. The van der Waals surface area contributed by atoms with Crippen molar-refractivity contribution in [3.05, 3.63) is 34.9 Å². The van der Waals surface area contributed by atoms with Crippen LogP contribution in [0.4, 0.5) is 0 Å². The molecule has 4 nitrogen and oxygen atoms in total. The third-order valence-electron chi connectivity index (χ3n) is 6.83. The lowest BCUT2D eigenvalue weighted by Gasteiger charge is -2.51. The summed E-state index contributed by atoms with van der Waals surface area (Å²) in [5.74, 6) is 0.385. The summed E-state index contributed by atoms with van der Waals surface area (Å²) in [5.41, 5.74) is 5.30. The summed E-state index contributed by atoms with van der Waals surface area (Å²) < 4.78 is 17.4. The second-order valence-electron chi connectivity index (χ2n) is 7.82. The number of hydrogen-bond acceptors (Lipinski definition) is 4. The van der Waals surface area contributed by atoms with E-state index in [2.05, 4.69) is 26.0 Å². The molecule has 2 atom stereocenters. The van der Waals surface area contributed by atoms with E-state index >= 15 is 0 Å². The molecule has 1 aromatic rings. The molecule has 1 heterocycles. The topological polar surface area (TPSA) is 47.9 Å². The zero-order valence-corrected chi connectivity index (χ0v) is 15.4. The number of fused-ring (bicyclic) bond motifs is 2. The van der Waals surface area contributed by atoms with E-state index in [0.717, 1.165) is 31.4 Å². The predicted molar refractivity (Wildman–Crippen MR) is 96.5 cm³/mol. The van der Waals surface area contributed by atoms with Gasteiger partial charge in [-0.3, -0.25) is 0 Å². The Kier molecular flexibility index (Phi) is 4.18. The first-order valence-corrected chi connectivity index (χ1v) is 9.30. The highest BCUT2D eigenvalue weighted by atomic mass is 16.7. The van der Waals surface area contributed by atoms with Gasteiger partial charge in [0.25, 0.3) is 0 Å². The minimum Gasteiger partial charge on any atom is -0.497 e. The van der Waals surface area contributed by atoms with Gasteiger partial charge in [-0.15, -0.1) is 0 Å². The lowest BCUT2D eigenvalue weighted by molar-refractivity contribution is -0.239. The van der Waals surface area contributed by atoms with Gasteiger partial charge >= 0.3 is 0 Å². The summed E-state index contributed by atoms with van der Waals surface area (Å²) in [5, 5.41) is 10.3. The second-order valence-corrected chi connectivity index (χ2v) is 7.82. The Morgan fingerprint density at radius 3 is 2.60 bits per heavy atom. The SMILES string of the molecule is COc1ccc2c(c1)CCC1=C2CC[C@](C)(C2(C)OCCO2)[C@@H]1CO. The van der Waals surface area contributed by atoms with Gasteiger partial charge in [0.1, 0.15) is 5.75 Å². The average Bonchev–Trinajstić information content (AvgIpc) is 3.09. The van der Waals surface area contributed by atoms with Gasteiger partial charge in [-0.05, 0) is 61.4 Å². The van der Waals surface area contributed by atoms with Crippen LogP contribution in [0.25, 0.3) is 5.57 Å². The first-order valence-electron chi connectivity index (χ1n) is 9.30. The molecule has 0 bridgehead atoms. The summed E-state index contributed by atoms with van der Waals surface area (Å²) in [6, 6.07) is 6.39. The van der Waals surface area contributed by atoms with E-state index in [1.165, 1.54) is 22.3 Å². The number of allylic oxidation sites excluding steroid dienone is 1. The molecule has 0 unspecified atom stereocenters. The molecule has 0 saturated carbocycles. The molecule has 0 radical (unpaired) electrons. The Morgan fingerprint density at radius 2 is 1.92 bits per heavy atom. The number of aryl methyl sites for hydroxylation is 1. The third kappa shape index (κ3) is 2.46. The number of aliphatic hydroxyl groups excluding tert-OH is 1. The lowest BCUT2D eigenvalue weighted by Crippen LogP contribution is -2.53. The highest BCUT2D eigenvalue weighted by Gasteiger charge is 2.56. The van der Waals surface area contributed by atoms with Crippen LogP contribution in [-0.2, 0) is 15.9 Å². The van der Waals surface area contributed by atoms with Crippen molar-refractivity contribution in [1.82, 2.24) is 0 Å². The van der Waals surface area contributed by atoms with Crippen LogP contribution in [0, 0.1) is 11.3 Å². The molecule has 4 rings (SSSR count). The maximum absolute atomic E-state index is 10.3. The van der Waals surface area contributed by atoms with Crippen molar-refractivity contribution in [3.8, 4) is 5.75 Å². The van der Waals surface area contributed by atoms with E-state index in [1.807, 2.05) is 6.07 Å². The maximum Gasteiger partial charge on any atom is 0.171 e. The summed E-state index contributed by atoms with van der Waals surface area (Å²) in [4.78, 5) is 0. The molecule has 1 aliphatic heterocycles. The molecule has 0 spiro atoms. The maximum atomic E-state index is 10.3. The highest BCUT2D eigenvalue weighted by molar-refractivity contribution is 5.75. The van der Waals surface area contributed by atoms with Crippen molar-refractivity contribution in [3.63, 3.8) is 0 Å². The van der Waals surface area contributed by atoms with Gasteiger partial charge in [0.05, 0.1) is 26.9 Å². The van der Waals surface area contributed by atoms with Crippen molar-refractivity contribution in [2.45, 2.75) is 45.3 Å². The Morgan fingerprint density at radius 1 is 1.16 bits per heavy atom. The Hall–Kier alpha value is -1.36. The van der Waals surface area contributed by atoms with Crippen molar-refractivity contribution in [2.24, 2.45) is 11.3 Å². The lowest BCUT2D eigenvalue weighted by atomic mass is 9.58. The molecule has 1 aromatic carbocycles. The van der Waals surface area contributed by atoms with Crippen LogP contribution in [0.1, 0.15) is 44.2 Å². The van der Waals surface area contributed by atoms with Gasteiger partial charge in [0.2, 0.25) is 0 Å². The fourth-order valence-corrected chi connectivity index (χ4v) is 5.11. The van der Waals surface area contributed by atoms with Crippen molar-refractivity contribution >= 4 is 5.57 Å². The van der Waals surface area contributed by atoms with Gasteiger partial charge in [0, 0.05) is 11.3 Å². The molecule has 25 heavy (non-hydrogen) atoms. The molecule has 136 valence electrons. The number of methoxy groups -OCH3 is 1. The summed E-state index contributed by atoms with van der Waals surface area (Å²) >= 11 is 0. The fraction of sp³-hybridized carbons (Fsp3) is 0.619. The minimum absolute atomic E-state index is 0.0783. The molecular weight excluding hydrogens is 316 g/mol. The zero-order chi connectivity index (χ0) is 17.7. The Labute approximate surface area is 149 Å². The van der Waals surface area contributed by atoms with Crippen LogP contribution in [0.2, 0.25) is 0 Å². The average molecular weight is 344 g/mol. The number of hydrogen-bond donors (Lipinski definition) is 1. The van der Waals surface area contributed by atoms with Crippen LogP contribution in [0.15, 0.2) is 23.8 Å². The molecule has 1 saturated heterocycles. The van der Waals surface area contributed by atoms with Crippen molar-refractivity contribution < 1.29 is 19.3 Å². The summed E-state index contributed by atoms with van der Waals surface area (Å²) in [7, 11) is 1.71. The number of benzene rings is 1. The van der Waals surface area contributed by atoms with Gasteiger partial charge in [-0.1, -0.05) is 18.6 Å². The summed E-state index contributed by atoms with van der Waals surface area (Å²) in [6.45, 7) is 5.70. The Bertz CT molecular complexity index is 702. The van der Waals surface area contributed by atoms with Crippen LogP contribution < -0.4 is 4.74 Å². The van der Waals surface area contributed by atoms with E-state index in [1.54, 1.807) is 7.11 Å². The van der Waals surface area contributed by atoms with Gasteiger partial charge < -0.3 is 19.3 Å². The smallest absolute Gasteiger partial charge is 0.171 e. The summed E-state index contributed by atoms with van der Waals surface area (Å²) in [6.07, 6.45) is 3.95. The van der Waals surface area contributed by atoms with E-state index in [-0.39, 0.29) is 17.9 Å². The van der Waals surface area contributed by atoms with Gasteiger partial charge in [-0.25, -0.2) is 0 Å². The molecule has 4 heteroatoms. The highest BCUT2D eigenvalue weighted by Crippen LogP contribution is 2.57. The molecule has 1 fully saturated rings. The number of rotatable bonds is 3. The second kappa shape index (κ2) is 6.11. The van der Waals surface area contributed by atoms with E-state index in [0.29, 0.717) is 13.2 Å². The quantitative estimate of drug-likeness (QED) is 0.911. The fourth-order valence-electron chi connectivity index (χ4n) is 5.11. The van der Waals surface area contributed by atoms with E-state index in [9.17, 15) is 5.11 Å². The van der Waals surface area contributed by atoms with Crippen LogP contribution in [-0.4, -0.2) is 37.8 Å². The molecule has 1 N–H and O–H groups in total. The predicted octanol–water partition coefficient (Wildman–Crippen LogP) is 3.57. The van der Waals surface area contributed by atoms with Crippen molar-refractivity contribution in [1.29, 1.82) is 0 Å². The minimum atomic E-state index is -0.612. The number of aliphatic hydroxyl groups is 1. The number of ether oxygens (including phenoxy) is 3. The monoisotopic (exact) mass is 344 g/mol. The van der Waals surface area contributed by atoms with Gasteiger partial charge in [-0.2, -0.15) is 0 Å². The van der Waals surface area contributed by atoms with E-state index < -0.39 is 5.79 Å². The van der Waals surface area contributed by atoms with Crippen LogP contribution >= 0.6 is 0 Å². The first-order chi connectivity index (χ1) is 12.0. The largest absolute Gasteiger partial charge is 0.497 e. The standard InChI is InChI=1S/C21H28O4/c1-20(21(2)24-10-11-25-21)9-8-17-16-7-5-15(23-3)12-14(16)4-6-18(17)19(20)13-22/h5,7,12,19,22H,4,6,8-11,13H2,1-3H3/t19-,20+/m1/s1. The molecule has 0 amide bonds. The zero-order valence-electron chi connectivity index (χ0n) is 15.4. The van der Waals surface area contributed by atoms with E-state index in [4.69, 9.17) is 14.2 Å². The Balaban J connectivity index is 1.76. The molecule has 0 aromatic heterocycles. The molecule has 3 aliphatic rings. The van der Waals surface area contributed by atoms with Gasteiger partial charge in [0.15, 0.2) is 5.79 Å². The van der Waals surface area contributed by atoms with Crippen LogP contribution in [0.3, 0.4) is 0 Å². The third-order valence-corrected chi connectivity index (χ3v) is 6.83. The van der Waals surface area contributed by atoms with Crippen molar-refractivity contribution in [2.75, 3.05) is 26.9 Å². The van der Waals surface area contributed by atoms with Crippen LogP contribution in [0.5, 0.6) is 5.75 Å². The molecule has 2 aliphatic carbocycles.